The molecule has 5 nitrogen and oxygen atoms in total. The van der Waals surface area contributed by atoms with Crippen LogP contribution in [0.5, 0.6) is 0 Å². The molecule has 1 spiro atoms. The number of carbonyl (C=O) groups excluding carboxylic acids is 1. The average molecular weight is 294 g/mol. The van der Waals surface area contributed by atoms with Gasteiger partial charge in [-0.05, 0) is 50.4 Å². The molecule has 1 saturated heterocycles. The number of piperidine rings is 1. The number of rotatable bonds is 2. The fourth-order valence-electron chi connectivity index (χ4n) is 4.41. The standard InChI is InChI=1S/C16H26N2O3/c19-14(20)12-3-4-13(11-12)17-15(21)18-9-7-16(8-10-18)5-1-2-6-16/h12-13H,1-11H2,(H,17,21)(H,19,20)/t12-,13+/m1/s1. The minimum atomic E-state index is -0.729. The lowest BCUT2D eigenvalue weighted by Gasteiger charge is -2.39. The highest BCUT2D eigenvalue weighted by atomic mass is 16.4. The Bertz CT molecular complexity index is 408. The predicted molar refractivity (Wildman–Crippen MR) is 79.0 cm³/mol. The minimum Gasteiger partial charge on any atom is -0.481 e. The van der Waals surface area contributed by atoms with Crippen LogP contribution in [0.25, 0.3) is 0 Å². The molecule has 2 aliphatic carbocycles. The topological polar surface area (TPSA) is 69.6 Å². The fraction of sp³-hybridized carbons (Fsp3) is 0.875. The molecule has 5 heteroatoms. The first kappa shape index (κ1) is 14.7. The third-order valence-electron chi connectivity index (χ3n) is 5.88. The van der Waals surface area contributed by atoms with E-state index in [4.69, 9.17) is 5.11 Å². The van der Waals surface area contributed by atoms with Crippen molar-refractivity contribution in [2.45, 2.75) is 63.8 Å². The molecule has 118 valence electrons. The summed E-state index contributed by atoms with van der Waals surface area (Å²) in [5.74, 6) is -1.01. The summed E-state index contributed by atoms with van der Waals surface area (Å²) in [6.45, 7) is 1.72. The Hall–Kier alpha value is -1.26. The van der Waals surface area contributed by atoms with Crippen LogP contribution in [-0.2, 0) is 4.79 Å². The normalized spacial score (nSPS) is 31.5. The number of carboxylic acids is 1. The van der Waals surface area contributed by atoms with Crippen molar-refractivity contribution in [3.8, 4) is 0 Å². The second kappa shape index (κ2) is 5.85. The molecule has 0 unspecified atom stereocenters. The predicted octanol–water partition coefficient (Wildman–Crippen LogP) is 2.61. The minimum absolute atomic E-state index is 0.0129. The summed E-state index contributed by atoms with van der Waals surface area (Å²) in [6.07, 6.45) is 9.72. The van der Waals surface area contributed by atoms with Gasteiger partial charge in [-0.1, -0.05) is 12.8 Å². The van der Waals surface area contributed by atoms with Crippen molar-refractivity contribution < 1.29 is 14.7 Å². The van der Waals surface area contributed by atoms with E-state index in [-0.39, 0.29) is 18.0 Å². The van der Waals surface area contributed by atoms with Crippen LogP contribution in [-0.4, -0.2) is 41.1 Å². The molecule has 1 heterocycles. The second-order valence-electron chi connectivity index (χ2n) is 7.19. The molecule has 3 rings (SSSR count). The van der Waals surface area contributed by atoms with Crippen molar-refractivity contribution in [2.75, 3.05) is 13.1 Å². The Morgan fingerprint density at radius 1 is 1.05 bits per heavy atom. The van der Waals surface area contributed by atoms with Gasteiger partial charge in [0.2, 0.25) is 0 Å². The van der Waals surface area contributed by atoms with Gasteiger partial charge >= 0.3 is 12.0 Å². The molecular weight excluding hydrogens is 268 g/mol. The zero-order chi connectivity index (χ0) is 14.9. The van der Waals surface area contributed by atoms with Crippen LogP contribution in [0.3, 0.4) is 0 Å². The maximum absolute atomic E-state index is 12.3. The fourth-order valence-corrected chi connectivity index (χ4v) is 4.41. The molecule has 0 aromatic heterocycles. The van der Waals surface area contributed by atoms with E-state index in [1.54, 1.807) is 0 Å². The molecule has 0 aromatic carbocycles. The summed E-state index contributed by atoms with van der Waals surface area (Å²) in [5.41, 5.74) is 0.526. The lowest BCUT2D eigenvalue weighted by Crippen LogP contribution is -2.49. The Labute approximate surface area is 126 Å². The van der Waals surface area contributed by atoms with Crippen molar-refractivity contribution >= 4 is 12.0 Å². The van der Waals surface area contributed by atoms with Gasteiger partial charge in [0.15, 0.2) is 0 Å². The first-order valence-electron chi connectivity index (χ1n) is 8.36. The molecule has 2 amide bonds. The number of carbonyl (C=O) groups is 2. The SMILES string of the molecule is O=C(O)[C@@H]1CC[C@H](NC(=O)N2CCC3(CCCC3)CC2)C1. The number of likely N-dealkylation sites (tertiary alicyclic amines) is 1. The Kier molecular flexibility index (Phi) is 4.09. The van der Waals surface area contributed by atoms with Gasteiger partial charge in [0, 0.05) is 19.1 Å². The summed E-state index contributed by atoms with van der Waals surface area (Å²) in [4.78, 5) is 25.2. The van der Waals surface area contributed by atoms with E-state index in [9.17, 15) is 9.59 Å². The van der Waals surface area contributed by atoms with Crippen LogP contribution in [0.1, 0.15) is 57.8 Å². The van der Waals surface area contributed by atoms with Crippen molar-refractivity contribution in [2.24, 2.45) is 11.3 Å². The Morgan fingerprint density at radius 3 is 2.29 bits per heavy atom. The summed E-state index contributed by atoms with van der Waals surface area (Å²) >= 11 is 0. The van der Waals surface area contributed by atoms with E-state index >= 15 is 0 Å². The van der Waals surface area contributed by atoms with E-state index in [0.717, 1.165) is 32.4 Å². The van der Waals surface area contributed by atoms with Gasteiger partial charge in [-0.3, -0.25) is 4.79 Å². The van der Waals surface area contributed by atoms with Crippen LogP contribution < -0.4 is 5.32 Å². The van der Waals surface area contributed by atoms with E-state index in [1.807, 2.05) is 4.90 Å². The van der Waals surface area contributed by atoms with Crippen molar-refractivity contribution in [1.29, 1.82) is 0 Å². The first-order chi connectivity index (χ1) is 10.1. The molecule has 0 aromatic rings. The van der Waals surface area contributed by atoms with Crippen LogP contribution in [0, 0.1) is 11.3 Å². The average Bonchev–Trinajstić information content (AvgIpc) is 3.10. The third-order valence-corrected chi connectivity index (χ3v) is 5.88. The molecule has 3 aliphatic rings. The lowest BCUT2D eigenvalue weighted by atomic mass is 9.77. The number of hydrogen-bond acceptors (Lipinski definition) is 2. The smallest absolute Gasteiger partial charge is 0.317 e. The number of hydrogen-bond donors (Lipinski definition) is 2. The zero-order valence-corrected chi connectivity index (χ0v) is 12.6. The van der Waals surface area contributed by atoms with E-state index in [1.165, 1.54) is 25.7 Å². The van der Waals surface area contributed by atoms with Gasteiger partial charge < -0.3 is 15.3 Å². The molecule has 2 N–H and O–H groups in total. The van der Waals surface area contributed by atoms with Gasteiger partial charge in [0.25, 0.3) is 0 Å². The molecule has 0 bridgehead atoms. The highest BCUT2D eigenvalue weighted by Crippen LogP contribution is 2.46. The van der Waals surface area contributed by atoms with E-state index in [0.29, 0.717) is 18.3 Å². The van der Waals surface area contributed by atoms with Crippen LogP contribution in [0.2, 0.25) is 0 Å². The summed E-state index contributed by atoms with van der Waals surface area (Å²) < 4.78 is 0. The molecule has 3 fully saturated rings. The number of urea groups is 1. The Balaban J connectivity index is 1.45. The summed E-state index contributed by atoms with van der Waals surface area (Å²) in [6, 6.07) is 0.0554. The maximum Gasteiger partial charge on any atom is 0.317 e. The third kappa shape index (κ3) is 3.16. The molecule has 21 heavy (non-hydrogen) atoms. The van der Waals surface area contributed by atoms with Crippen molar-refractivity contribution in [3.05, 3.63) is 0 Å². The van der Waals surface area contributed by atoms with Gasteiger partial charge in [-0.2, -0.15) is 0 Å². The van der Waals surface area contributed by atoms with E-state index in [2.05, 4.69) is 5.32 Å². The molecule has 2 atom stereocenters. The maximum atomic E-state index is 12.3. The van der Waals surface area contributed by atoms with Crippen LogP contribution >= 0.6 is 0 Å². The number of nitrogens with zero attached hydrogens (tertiary/aromatic N) is 1. The largest absolute Gasteiger partial charge is 0.481 e. The van der Waals surface area contributed by atoms with E-state index < -0.39 is 5.97 Å². The van der Waals surface area contributed by atoms with Crippen molar-refractivity contribution in [3.63, 3.8) is 0 Å². The number of aliphatic carboxylic acids is 1. The molecular formula is C16H26N2O3. The second-order valence-corrected chi connectivity index (χ2v) is 7.19. The summed E-state index contributed by atoms with van der Waals surface area (Å²) in [5, 5.41) is 12.0. The number of carboxylic acid groups (broad SMARTS) is 1. The Morgan fingerprint density at radius 2 is 1.71 bits per heavy atom. The van der Waals surface area contributed by atoms with Gasteiger partial charge in [0.05, 0.1) is 5.92 Å². The molecule has 1 aliphatic heterocycles. The quantitative estimate of drug-likeness (QED) is 0.822. The van der Waals surface area contributed by atoms with Gasteiger partial charge in [-0.15, -0.1) is 0 Å². The molecule has 2 saturated carbocycles. The summed E-state index contributed by atoms with van der Waals surface area (Å²) in [7, 11) is 0. The van der Waals surface area contributed by atoms with Crippen LogP contribution in [0.15, 0.2) is 0 Å². The van der Waals surface area contributed by atoms with Crippen LogP contribution in [0.4, 0.5) is 4.79 Å². The zero-order valence-electron chi connectivity index (χ0n) is 12.6. The number of amides is 2. The van der Waals surface area contributed by atoms with Crippen molar-refractivity contribution in [1.82, 2.24) is 10.2 Å². The highest BCUT2D eigenvalue weighted by Gasteiger charge is 2.38. The highest BCUT2D eigenvalue weighted by molar-refractivity contribution is 5.75. The van der Waals surface area contributed by atoms with Gasteiger partial charge in [0.1, 0.15) is 0 Å². The number of nitrogens with one attached hydrogen (secondary N) is 1. The first-order valence-corrected chi connectivity index (χ1v) is 8.36. The van der Waals surface area contributed by atoms with Gasteiger partial charge in [-0.25, -0.2) is 4.79 Å². The lowest BCUT2D eigenvalue weighted by molar-refractivity contribution is -0.141. The monoisotopic (exact) mass is 294 g/mol. The molecule has 0 radical (unpaired) electrons.